The van der Waals surface area contributed by atoms with Gasteiger partial charge in [-0.05, 0) is 73.9 Å². The first-order valence-electron chi connectivity index (χ1n) is 16.9. The molecule has 2 aliphatic heterocycles. The summed E-state index contributed by atoms with van der Waals surface area (Å²) in [6.07, 6.45) is -1.97. The van der Waals surface area contributed by atoms with Gasteiger partial charge in [-0.15, -0.1) is 0 Å². The van der Waals surface area contributed by atoms with Gasteiger partial charge in [0.05, 0.1) is 0 Å². The van der Waals surface area contributed by atoms with E-state index in [2.05, 4.69) is 10.6 Å². The third-order valence-electron chi connectivity index (χ3n) is 8.85. The maximum atomic E-state index is 14.1. The summed E-state index contributed by atoms with van der Waals surface area (Å²) in [6, 6.07) is 8.51. The number of halogens is 6. The standard InChI is InChI=1S/C35H50F6N4/c1-5-14-24-18-12-19-25(15-6-2)28(24)44-30(34(36,37)38)32(44)42-22-10-9-11-23-43-33-31(35(39,40)41)45(33)29-26(16-7-3)20-13-21-27(29)17-8-4/h12-13,18-21,30-33,42-43H,5-11,14-17,22-23H2,1-4H3. The number of nitrogens with one attached hydrogen (secondary N) is 2. The zero-order chi connectivity index (χ0) is 32.8. The van der Waals surface area contributed by atoms with Crippen LogP contribution < -0.4 is 20.4 Å². The van der Waals surface area contributed by atoms with Crippen molar-refractivity contribution in [1.82, 2.24) is 10.6 Å². The number of anilines is 2. The molecule has 0 spiro atoms. The fourth-order valence-electron chi connectivity index (χ4n) is 6.88. The molecular weight excluding hydrogens is 590 g/mol. The lowest BCUT2D eigenvalue weighted by Crippen LogP contribution is -2.28. The molecule has 2 aromatic carbocycles. The van der Waals surface area contributed by atoms with E-state index in [-0.39, 0.29) is 0 Å². The van der Waals surface area contributed by atoms with Crippen LogP contribution in [-0.2, 0) is 25.7 Å². The number of benzene rings is 2. The van der Waals surface area contributed by atoms with Gasteiger partial charge in [-0.2, -0.15) is 26.3 Å². The van der Waals surface area contributed by atoms with E-state index in [0.29, 0.717) is 32.4 Å². The molecule has 0 saturated carbocycles. The first kappa shape index (κ1) is 35.4. The van der Waals surface area contributed by atoms with Crippen LogP contribution in [0.5, 0.6) is 0 Å². The Kier molecular flexibility index (Phi) is 12.1. The molecule has 0 amide bonds. The highest BCUT2D eigenvalue weighted by Gasteiger charge is 2.64. The molecule has 0 bridgehead atoms. The van der Waals surface area contributed by atoms with Gasteiger partial charge < -0.3 is 9.80 Å². The molecule has 4 nitrogen and oxygen atoms in total. The first-order valence-corrected chi connectivity index (χ1v) is 16.9. The lowest BCUT2D eigenvalue weighted by molar-refractivity contribution is -0.129. The van der Waals surface area contributed by atoms with Crippen LogP contribution in [0.15, 0.2) is 36.4 Å². The minimum atomic E-state index is -4.34. The maximum absolute atomic E-state index is 14.1. The third-order valence-corrected chi connectivity index (χ3v) is 8.85. The molecule has 4 rings (SSSR count). The van der Waals surface area contributed by atoms with E-state index in [0.717, 1.165) is 85.0 Å². The van der Waals surface area contributed by atoms with Crippen molar-refractivity contribution in [3.05, 3.63) is 58.7 Å². The molecule has 4 atom stereocenters. The Morgan fingerprint density at radius 3 is 1.11 bits per heavy atom. The molecule has 45 heavy (non-hydrogen) atoms. The normalized spacial score (nSPS) is 21.5. The predicted octanol–water partition coefficient (Wildman–Crippen LogP) is 8.70. The van der Waals surface area contributed by atoms with Crippen molar-refractivity contribution in [2.45, 2.75) is 135 Å². The molecular formula is C35H50F6N4. The summed E-state index contributed by atoms with van der Waals surface area (Å²) in [5.74, 6) is 0. The molecule has 252 valence electrons. The number of rotatable bonds is 18. The van der Waals surface area contributed by atoms with Crippen LogP contribution in [0.25, 0.3) is 0 Å². The molecule has 2 aliphatic rings. The molecule has 0 aromatic heterocycles. The van der Waals surface area contributed by atoms with Gasteiger partial charge in [-0.1, -0.05) is 96.2 Å². The van der Waals surface area contributed by atoms with Crippen molar-refractivity contribution in [1.29, 1.82) is 0 Å². The molecule has 4 unspecified atom stereocenters. The van der Waals surface area contributed by atoms with Crippen molar-refractivity contribution in [3.63, 3.8) is 0 Å². The summed E-state index contributed by atoms with van der Waals surface area (Å²) in [5.41, 5.74) is 5.27. The van der Waals surface area contributed by atoms with Crippen molar-refractivity contribution in [2.24, 2.45) is 0 Å². The highest BCUT2D eigenvalue weighted by Crippen LogP contribution is 2.48. The fraction of sp³-hybridized carbons (Fsp3) is 0.657. The van der Waals surface area contributed by atoms with Gasteiger partial charge in [0.15, 0.2) is 12.1 Å². The van der Waals surface area contributed by atoms with Crippen molar-refractivity contribution < 1.29 is 26.3 Å². The Morgan fingerprint density at radius 2 is 0.844 bits per heavy atom. The topological polar surface area (TPSA) is 30.1 Å². The SMILES string of the molecule is CCCc1cccc(CCC)c1N1C(NCCCCCNC2C(C(F)(F)F)N2c2c(CCC)cccc2CCC)C1C(F)(F)F. The van der Waals surface area contributed by atoms with E-state index >= 15 is 0 Å². The van der Waals surface area contributed by atoms with Crippen molar-refractivity contribution >= 4 is 11.4 Å². The second-order valence-corrected chi connectivity index (χ2v) is 12.5. The van der Waals surface area contributed by atoms with Crippen LogP contribution in [0, 0.1) is 0 Å². The highest BCUT2D eigenvalue weighted by atomic mass is 19.4. The Labute approximate surface area is 264 Å². The summed E-state index contributed by atoms with van der Waals surface area (Å²) in [5, 5.41) is 6.27. The average Bonchev–Trinajstić information content (AvgIpc) is 3.87. The zero-order valence-electron chi connectivity index (χ0n) is 27.1. The number of hydrogen-bond donors (Lipinski definition) is 2. The van der Waals surface area contributed by atoms with Gasteiger partial charge in [0, 0.05) is 11.4 Å². The number of aryl methyl sites for hydroxylation is 4. The largest absolute Gasteiger partial charge is 0.412 e. The van der Waals surface area contributed by atoms with Crippen LogP contribution in [0.1, 0.15) is 94.9 Å². The molecule has 0 aliphatic carbocycles. The van der Waals surface area contributed by atoms with Crippen LogP contribution in [0.3, 0.4) is 0 Å². The fourth-order valence-corrected chi connectivity index (χ4v) is 6.88. The summed E-state index contributed by atoms with van der Waals surface area (Å²) < 4.78 is 84.3. The molecule has 2 saturated heterocycles. The van der Waals surface area contributed by atoms with Gasteiger partial charge in [0.1, 0.15) is 12.3 Å². The minimum Gasteiger partial charge on any atom is -0.338 e. The van der Waals surface area contributed by atoms with Gasteiger partial charge in [-0.25, -0.2) is 0 Å². The maximum Gasteiger partial charge on any atom is 0.412 e. The molecule has 2 heterocycles. The second-order valence-electron chi connectivity index (χ2n) is 12.5. The molecule has 2 aromatic rings. The van der Waals surface area contributed by atoms with Crippen molar-refractivity contribution in [3.8, 4) is 0 Å². The van der Waals surface area contributed by atoms with Crippen LogP contribution in [0.2, 0.25) is 0 Å². The highest BCUT2D eigenvalue weighted by molar-refractivity contribution is 5.68. The van der Waals surface area contributed by atoms with E-state index in [9.17, 15) is 26.3 Å². The summed E-state index contributed by atoms with van der Waals surface area (Å²) >= 11 is 0. The van der Waals surface area contributed by atoms with E-state index in [1.165, 1.54) is 9.80 Å². The van der Waals surface area contributed by atoms with E-state index < -0.39 is 36.8 Å². The van der Waals surface area contributed by atoms with Crippen molar-refractivity contribution in [2.75, 3.05) is 22.9 Å². The summed E-state index contributed by atoms with van der Waals surface area (Å²) in [6.45, 7) is 8.95. The average molecular weight is 641 g/mol. The zero-order valence-corrected chi connectivity index (χ0v) is 27.1. The minimum absolute atomic E-state index is 0.415. The quantitative estimate of drug-likeness (QED) is 0.0970. The lowest BCUT2D eigenvalue weighted by atomic mass is 10.00. The number of unbranched alkanes of at least 4 members (excludes halogenated alkanes) is 2. The monoisotopic (exact) mass is 640 g/mol. The predicted molar refractivity (Wildman–Crippen MR) is 171 cm³/mol. The summed E-state index contributed by atoms with van der Waals surface area (Å²) in [7, 11) is 0. The number of para-hydroxylation sites is 2. The Morgan fingerprint density at radius 1 is 0.533 bits per heavy atom. The van der Waals surface area contributed by atoms with Gasteiger partial charge in [-0.3, -0.25) is 10.6 Å². The Bertz CT molecular complexity index is 1090. The smallest absolute Gasteiger partial charge is 0.338 e. The first-order chi connectivity index (χ1) is 21.5. The van der Waals surface area contributed by atoms with Crippen LogP contribution in [0.4, 0.5) is 37.7 Å². The summed E-state index contributed by atoms with van der Waals surface area (Å²) in [4.78, 5) is 3.00. The van der Waals surface area contributed by atoms with Crippen LogP contribution >= 0.6 is 0 Å². The molecule has 0 radical (unpaired) electrons. The van der Waals surface area contributed by atoms with E-state index in [1.807, 2.05) is 64.1 Å². The number of nitrogens with zero attached hydrogens (tertiary/aromatic N) is 2. The lowest BCUT2D eigenvalue weighted by Gasteiger charge is -2.18. The van der Waals surface area contributed by atoms with Gasteiger partial charge in [0.25, 0.3) is 0 Å². The molecule has 2 N–H and O–H groups in total. The van der Waals surface area contributed by atoms with E-state index in [4.69, 9.17) is 0 Å². The van der Waals surface area contributed by atoms with Crippen LogP contribution in [-0.4, -0.2) is 49.9 Å². The Hall–Kier alpha value is -2.46. The van der Waals surface area contributed by atoms with Gasteiger partial charge in [0.2, 0.25) is 0 Å². The molecule has 2 fully saturated rings. The third kappa shape index (κ3) is 8.47. The Balaban J connectivity index is 1.32. The number of hydrogen-bond acceptors (Lipinski definition) is 4. The van der Waals surface area contributed by atoms with Gasteiger partial charge >= 0.3 is 12.4 Å². The number of alkyl halides is 6. The van der Waals surface area contributed by atoms with E-state index in [1.54, 1.807) is 0 Å². The second kappa shape index (κ2) is 15.4. The molecule has 10 heteroatoms.